The van der Waals surface area contributed by atoms with Crippen molar-refractivity contribution < 1.29 is 14.2 Å². The molecule has 0 amide bonds. The fourth-order valence-corrected chi connectivity index (χ4v) is 2.24. The molecule has 106 valence electrons. The van der Waals surface area contributed by atoms with E-state index in [9.17, 15) is 0 Å². The van der Waals surface area contributed by atoms with Crippen molar-refractivity contribution in [3.8, 4) is 0 Å². The number of hydrogen-bond donors (Lipinski definition) is 1. The summed E-state index contributed by atoms with van der Waals surface area (Å²) in [4.78, 5) is 9.00. The van der Waals surface area contributed by atoms with Gasteiger partial charge < -0.3 is 19.5 Å². The van der Waals surface area contributed by atoms with Crippen LogP contribution in [0.1, 0.15) is 24.5 Å². The first-order valence-corrected chi connectivity index (χ1v) is 7.04. The molecule has 0 aliphatic carbocycles. The lowest BCUT2D eigenvalue weighted by Crippen LogP contribution is -2.24. The first-order valence-electron chi connectivity index (χ1n) is 6.24. The Kier molecular flexibility index (Phi) is 5.50. The molecule has 7 heteroatoms. The lowest BCUT2D eigenvalue weighted by atomic mass is 10.3. The van der Waals surface area contributed by atoms with E-state index >= 15 is 0 Å². The van der Waals surface area contributed by atoms with Crippen LogP contribution in [0.25, 0.3) is 0 Å². The molecule has 1 aromatic rings. The van der Waals surface area contributed by atoms with E-state index in [4.69, 9.17) is 14.2 Å². The molecule has 0 saturated carbocycles. The van der Waals surface area contributed by atoms with Crippen molar-refractivity contribution >= 4 is 21.7 Å². The van der Waals surface area contributed by atoms with Crippen molar-refractivity contribution in [1.29, 1.82) is 0 Å². The fourth-order valence-electron chi connectivity index (χ4n) is 1.81. The molecule has 1 fully saturated rings. The van der Waals surface area contributed by atoms with Crippen LogP contribution in [0.2, 0.25) is 0 Å². The summed E-state index contributed by atoms with van der Waals surface area (Å²) in [5.41, 5.74) is 0.803. The maximum absolute atomic E-state index is 5.64. The van der Waals surface area contributed by atoms with Gasteiger partial charge in [-0.05, 0) is 22.9 Å². The lowest BCUT2D eigenvalue weighted by Gasteiger charge is -2.23. The standard InChI is InChI=1S/C12H18BrN3O3/c1-3-14-12-10(13)8(6-17-2)15-11(16-12)9-7-18-4-5-19-9/h9H,3-7H2,1-2H3,(H,14,15,16). The Morgan fingerprint density at radius 2 is 2.26 bits per heavy atom. The van der Waals surface area contributed by atoms with Gasteiger partial charge in [0.25, 0.3) is 0 Å². The number of anilines is 1. The van der Waals surface area contributed by atoms with Gasteiger partial charge in [-0.15, -0.1) is 0 Å². The predicted octanol–water partition coefficient (Wildman–Crippen LogP) is 1.91. The third-order valence-electron chi connectivity index (χ3n) is 2.67. The molecule has 0 spiro atoms. The summed E-state index contributed by atoms with van der Waals surface area (Å²) >= 11 is 3.50. The molecule has 1 unspecified atom stereocenters. The molecule has 1 N–H and O–H groups in total. The zero-order valence-electron chi connectivity index (χ0n) is 11.1. The minimum atomic E-state index is -0.213. The molecule has 0 aromatic carbocycles. The van der Waals surface area contributed by atoms with Crippen molar-refractivity contribution in [2.24, 2.45) is 0 Å². The topological polar surface area (TPSA) is 65.5 Å². The normalized spacial score (nSPS) is 19.4. The van der Waals surface area contributed by atoms with Gasteiger partial charge in [0.2, 0.25) is 0 Å². The van der Waals surface area contributed by atoms with Crippen LogP contribution in [0.5, 0.6) is 0 Å². The molecule has 1 aliphatic heterocycles. The second kappa shape index (κ2) is 7.14. The molecule has 2 rings (SSSR count). The summed E-state index contributed by atoms with van der Waals surface area (Å²) in [5, 5.41) is 3.20. The van der Waals surface area contributed by atoms with Crippen LogP contribution in [-0.2, 0) is 20.8 Å². The molecule has 6 nitrogen and oxygen atoms in total. The van der Waals surface area contributed by atoms with Gasteiger partial charge in [0, 0.05) is 13.7 Å². The maximum Gasteiger partial charge on any atom is 0.162 e. The minimum Gasteiger partial charge on any atom is -0.378 e. The van der Waals surface area contributed by atoms with E-state index in [-0.39, 0.29) is 6.10 Å². The van der Waals surface area contributed by atoms with Crippen LogP contribution in [0.15, 0.2) is 4.47 Å². The number of nitrogens with one attached hydrogen (secondary N) is 1. The second-order valence-corrected chi connectivity index (χ2v) is 4.88. The van der Waals surface area contributed by atoms with E-state index in [0.29, 0.717) is 32.3 Å². The molecule has 1 aromatic heterocycles. The summed E-state index contributed by atoms with van der Waals surface area (Å²) in [6, 6.07) is 0. The Balaban J connectivity index is 2.30. The number of halogens is 1. The number of nitrogens with zero attached hydrogens (tertiary/aromatic N) is 2. The average molecular weight is 332 g/mol. The minimum absolute atomic E-state index is 0.213. The first kappa shape index (κ1) is 14.6. The zero-order chi connectivity index (χ0) is 13.7. The van der Waals surface area contributed by atoms with Crippen molar-refractivity contribution in [3.63, 3.8) is 0 Å². The molecule has 2 heterocycles. The van der Waals surface area contributed by atoms with Crippen LogP contribution in [0.3, 0.4) is 0 Å². The summed E-state index contributed by atoms with van der Waals surface area (Å²) in [6.45, 7) is 4.90. The van der Waals surface area contributed by atoms with Gasteiger partial charge >= 0.3 is 0 Å². The highest BCUT2D eigenvalue weighted by atomic mass is 79.9. The van der Waals surface area contributed by atoms with Crippen LogP contribution < -0.4 is 5.32 Å². The summed E-state index contributed by atoms with van der Waals surface area (Å²) in [5.74, 6) is 1.39. The second-order valence-electron chi connectivity index (χ2n) is 4.09. The summed E-state index contributed by atoms with van der Waals surface area (Å²) in [7, 11) is 1.64. The van der Waals surface area contributed by atoms with E-state index in [1.165, 1.54) is 0 Å². The Morgan fingerprint density at radius 3 is 2.89 bits per heavy atom. The van der Waals surface area contributed by atoms with Gasteiger partial charge in [0.1, 0.15) is 11.9 Å². The molecule has 19 heavy (non-hydrogen) atoms. The Bertz CT molecular complexity index is 398. The molecule has 1 saturated heterocycles. The third-order valence-corrected chi connectivity index (χ3v) is 3.50. The van der Waals surface area contributed by atoms with Crippen LogP contribution in [0.4, 0.5) is 5.82 Å². The van der Waals surface area contributed by atoms with Crippen LogP contribution >= 0.6 is 15.9 Å². The Hall–Kier alpha value is -0.760. The molecular weight excluding hydrogens is 314 g/mol. The largest absolute Gasteiger partial charge is 0.378 e. The van der Waals surface area contributed by atoms with Crippen molar-refractivity contribution in [3.05, 3.63) is 16.0 Å². The van der Waals surface area contributed by atoms with Crippen molar-refractivity contribution in [2.75, 3.05) is 38.8 Å². The maximum atomic E-state index is 5.64. The van der Waals surface area contributed by atoms with Gasteiger partial charge in [0.05, 0.1) is 36.6 Å². The highest BCUT2D eigenvalue weighted by Gasteiger charge is 2.22. The SMILES string of the molecule is CCNc1nc(C2COCCO2)nc(COC)c1Br. The van der Waals surface area contributed by atoms with E-state index in [0.717, 1.165) is 22.5 Å². The highest BCUT2D eigenvalue weighted by molar-refractivity contribution is 9.10. The number of hydrogen-bond acceptors (Lipinski definition) is 6. The molecule has 1 aliphatic rings. The van der Waals surface area contributed by atoms with Crippen LogP contribution in [0, 0.1) is 0 Å². The lowest BCUT2D eigenvalue weighted by molar-refractivity contribution is -0.0936. The van der Waals surface area contributed by atoms with Gasteiger partial charge in [-0.1, -0.05) is 0 Å². The monoisotopic (exact) mass is 331 g/mol. The quantitative estimate of drug-likeness (QED) is 0.889. The Labute approximate surface area is 121 Å². The number of rotatable bonds is 5. The smallest absolute Gasteiger partial charge is 0.162 e. The molecule has 0 bridgehead atoms. The summed E-state index contributed by atoms with van der Waals surface area (Å²) < 4.78 is 17.0. The van der Waals surface area contributed by atoms with E-state index < -0.39 is 0 Å². The molecule has 1 atom stereocenters. The van der Waals surface area contributed by atoms with E-state index in [2.05, 4.69) is 31.2 Å². The Morgan fingerprint density at radius 1 is 1.42 bits per heavy atom. The van der Waals surface area contributed by atoms with Crippen molar-refractivity contribution in [2.45, 2.75) is 19.6 Å². The highest BCUT2D eigenvalue weighted by Crippen LogP contribution is 2.27. The predicted molar refractivity (Wildman–Crippen MR) is 74.1 cm³/mol. The molecule has 0 radical (unpaired) electrons. The first-order chi connectivity index (χ1) is 9.26. The van der Waals surface area contributed by atoms with Crippen molar-refractivity contribution in [1.82, 2.24) is 9.97 Å². The van der Waals surface area contributed by atoms with E-state index in [1.54, 1.807) is 7.11 Å². The molecular formula is C12H18BrN3O3. The summed E-state index contributed by atoms with van der Waals surface area (Å²) in [6.07, 6.45) is -0.213. The number of aromatic nitrogens is 2. The van der Waals surface area contributed by atoms with Crippen LogP contribution in [-0.4, -0.2) is 43.4 Å². The number of ether oxygens (including phenoxy) is 3. The van der Waals surface area contributed by atoms with Gasteiger partial charge in [-0.3, -0.25) is 0 Å². The fraction of sp³-hybridized carbons (Fsp3) is 0.667. The van der Waals surface area contributed by atoms with Gasteiger partial charge in [0.15, 0.2) is 5.82 Å². The van der Waals surface area contributed by atoms with Gasteiger partial charge in [-0.2, -0.15) is 0 Å². The zero-order valence-corrected chi connectivity index (χ0v) is 12.7. The number of methoxy groups -OCH3 is 1. The van der Waals surface area contributed by atoms with E-state index in [1.807, 2.05) is 6.92 Å². The average Bonchev–Trinajstić information content (AvgIpc) is 2.44. The van der Waals surface area contributed by atoms with Gasteiger partial charge in [-0.25, -0.2) is 9.97 Å². The third kappa shape index (κ3) is 3.62.